The van der Waals surface area contributed by atoms with Gasteiger partial charge in [-0.2, -0.15) is 0 Å². The Morgan fingerprint density at radius 1 is 1.24 bits per heavy atom. The summed E-state index contributed by atoms with van der Waals surface area (Å²) in [7, 11) is 0. The van der Waals surface area contributed by atoms with E-state index in [1.807, 2.05) is 24.3 Å². The van der Waals surface area contributed by atoms with E-state index in [2.05, 4.69) is 15.9 Å². The number of aldehydes is 1. The first-order chi connectivity index (χ1) is 8.19. The fraction of sp³-hybridized carbons (Fsp3) is 0.0769. The van der Waals surface area contributed by atoms with Crippen LogP contribution in [0.2, 0.25) is 0 Å². The van der Waals surface area contributed by atoms with Gasteiger partial charge in [0, 0.05) is 22.3 Å². The van der Waals surface area contributed by atoms with Gasteiger partial charge in [-0.15, -0.1) is 0 Å². The highest BCUT2D eigenvalue weighted by molar-refractivity contribution is 9.10. The smallest absolute Gasteiger partial charge is 0.250 e. The molecule has 0 bridgehead atoms. The molecule has 0 aliphatic carbocycles. The molecule has 4 heteroatoms. The molecule has 0 fully saturated rings. The second-order valence-corrected chi connectivity index (χ2v) is 4.59. The third-order valence-corrected chi connectivity index (χ3v) is 2.88. The predicted octanol–water partition coefficient (Wildman–Crippen LogP) is 2.47. The zero-order chi connectivity index (χ0) is 12.3. The summed E-state index contributed by atoms with van der Waals surface area (Å²) in [5, 5.41) is 0. The highest BCUT2D eigenvalue weighted by Crippen LogP contribution is 2.12. The number of rotatable bonds is 3. The van der Waals surface area contributed by atoms with Crippen LogP contribution < -0.4 is 5.56 Å². The van der Waals surface area contributed by atoms with E-state index >= 15 is 0 Å². The number of hydrogen-bond donors (Lipinski definition) is 0. The van der Waals surface area contributed by atoms with Crippen molar-refractivity contribution in [3.05, 3.63) is 68.5 Å². The summed E-state index contributed by atoms with van der Waals surface area (Å²) in [5.41, 5.74) is 1.39. The van der Waals surface area contributed by atoms with Gasteiger partial charge in [-0.05, 0) is 23.8 Å². The summed E-state index contributed by atoms with van der Waals surface area (Å²) in [4.78, 5) is 22.3. The Kier molecular flexibility index (Phi) is 3.54. The molecule has 0 saturated heterocycles. The summed E-state index contributed by atoms with van der Waals surface area (Å²) < 4.78 is 2.49. The van der Waals surface area contributed by atoms with Crippen molar-refractivity contribution in [2.75, 3.05) is 0 Å². The van der Waals surface area contributed by atoms with Crippen LogP contribution in [0.25, 0.3) is 0 Å². The van der Waals surface area contributed by atoms with Crippen LogP contribution in [-0.4, -0.2) is 10.9 Å². The van der Waals surface area contributed by atoms with E-state index in [0.29, 0.717) is 12.1 Å². The molecule has 0 aliphatic heterocycles. The first kappa shape index (κ1) is 11.8. The van der Waals surface area contributed by atoms with Crippen LogP contribution in [0.5, 0.6) is 0 Å². The number of hydrogen-bond acceptors (Lipinski definition) is 2. The van der Waals surface area contributed by atoms with Gasteiger partial charge >= 0.3 is 0 Å². The lowest BCUT2D eigenvalue weighted by Gasteiger charge is -2.06. The number of halogens is 1. The third-order valence-electron chi connectivity index (χ3n) is 2.38. The van der Waals surface area contributed by atoms with Gasteiger partial charge in [0.1, 0.15) is 0 Å². The standard InChI is InChI=1S/C13H10BrNO2/c14-12-3-1-2-10(6-12)7-15-8-11(9-16)4-5-13(15)17/h1-6,8-9H,7H2. The second kappa shape index (κ2) is 5.10. The lowest BCUT2D eigenvalue weighted by Crippen LogP contribution is -2.19. The minimum Gasteiger partial charge on any atom is -0.310 e. The van der Waals surface area contributed by atoms with E-state index in [0.717, 1.165) is 16.3 Å². The van der Waals surface area contributed by atoms with Crippen molar-refractivity contribution in [2.24, 2.45) is 0 Å². The average molecular weight is 292 g/mol. The zero-order valence-corrected chi connectivity index (χ0v) is 10.6. The largest absolute Gasteiger partial charge is 0.310 e. The van der Waals surface area contributed by atoms with Crippen molar-refractivity contribution in [2.45, 2.75) is 6.54 Å². The molecule has 0 saturated carbocycles. The molecular formula is C13H10BrNO2. The highest BCUT2D eigenvalue weighted by atomic mass is 79.9. The number of aromatic nitrogens is 1. The first-order valence-electron chi connectivity index (χ1n) is 5.09. The predicted molar refractivity (Wildman–Crippen MR) is 69.3 cm³/mol. The Morgan fingerprint density at radius 3 is 2.76 bits per heavy atom. The van der Waals surface area contributed by atoms with Crippen LogP contribution in [0.1, 0.15) is 15.9 Å². The van der Waals surface area contributed by atoms with E-state index in [-0.39, 0.29) is 5.56 Å². The molecule has 0 amide bonds. The van der Waals surface area contributed by atoms with E-state index in [1.165, 1.54) is 16.7 Å². The number of carbonyl (C=O) groups excluding carboxylic acids is 1. The molecule has 1 aromatic carbocycles. The van der Waals surface area contributed by atoms with Gasteiger partial charge < -0.3 is 4.57 Å². The van der Waals surface area contributed by atoms with Crippen LogP contribution in [0.3, 0.4) is 0 Å². The Bertz CT molecular complexity index is 604. The Hall–Kier alpha value is -1.68. The summed E-state index contributed by atoms with van der Waals surface area (Å²) in [6.45, 7) is 0.458. The van der Waals surface area contributed by atoms with Gasteiger partial charge in [-0.1, -0.05) is 28.1 Å². The Labute approximate surface area is 107 Å². The number of nitrogens with zero attached hydrogens (tertiary/aromatic N) is 1. The number of carbonyl (C=O) groups is 1. The molecule has 0 radical (unpaired) electrons. The van der Waals surface area contributed by atoms with Crippen LogP contribution in [0.15, 0.2) is 51.9 Å². The van der Waals surface area contributed by atoms with E-state index in [1.54, 1.807) is 6.20 Å². The molecular weight excluding hydrogens is 282 g/mol. The monoisotopic (exact) mass is 291 g/mol. The van der Waals surface area contributed by atoms with Gasteiger partial charge in [-0.3, -0.25) is 9.59 Å². The average Bonchev–Trinajstić information content (AvgIpc) is 2.32. The van der Waals surface area contributed by atoms with E-state index < -0.39 is 0 Å². The molecule has 0 atom stereocenters. The molecule has 0 aliphatic rings. The summed E-state index contributed by atoms with van der Waals surface area (Å²) in [5.74, 6) is 0. The van der Waals surface area contributed by atoms with Crippen molar-refractivity contribution in [1.29, 1.82) is 0 Å². The van der Waals surface area contributed by atoms with Crippen LogP contribution in [-0.2, 0) is 6.54 Å². The first-order valence-corrected chi connectivity index (χ1v) is 5.88. The fourth-order valence-electron chi connectivity index (χ4n) is 1.58. The van der Waals surface area contributed by atoms with E-state index in [9.17, 15) is 9.59 Å². The highest BCUT2D eigenvalue weighted by Gasteiger charge is 2.00. The lowest BCUT2D eigenvalue weighted by atomic mass is 10.2. The lowest BCUT2D eigenvalue weighted by molar-refractivity contribution is 0.112. The molecule has 3 nitrogen and oxygen atoms in total. The second-order valence-electron chi connectivity index (χ2n) is 3.68. The van der Waals surface area contributed by atoms with Gasteiger partial charge in [0.25, 0.3) is 5.56 Å². The molecule has 17 heavy (non-hydrogen) atoms. The van der Waals surface area contributed by atoms with Gasteiger partial charge in [0.2, 0.25) is 0 Å². The van der Waals surface area contributed by atoms with Crippen molar-refractivity contribution in [3.8, 4) is 0 Å². The molecule has 2 aromatic rings. The topological polar surface area (TPSA) is 39.1 Å². The molecule has 2 rings (SSSR count). The molecule has 0 N–H and O–H groups in total. The maximum atomic E-state index is 11.6. The number of benzene rings is 1. The van der Waals surface area contributed by atoms with Crippen LogP contribution in [0.4, 0.5) is 0 Å². The van der Waals surface area contributed by atoms with E-state index in [4.69, 9.17) is 0 Å². The summed E-state index contributed by atoms with van der Waals surface area (Å²) in [6.07, 6.45) is 2.30. The van der Waals surface area contributed by atoms with Crippen molar-refractivity contribution >= 4 is 22.2 Å². The van der Waals surface area contributed by atoms with Gasteiger partial charge in [0.05, 0.1) is 6.54 Å². The van der Waals surface area contributed by atoms with Crippen molar-refractivity contribution in [3.63, 3.8) is 0 Å². The molecule has 1 heterocycles. The normalized spacial score (nSPS) is 10.2. The minimum atomic E-state index is -0.115. The molecule has 0 spiro atoms. The zero-order valence-electron chi connectivity index (χ0n) is 8.97. The molecule has 86 valence electrons. The Morgan fingerprint density at radius 2 is 2.06 bits per heavy atom. The van der Waals surface area contributed by atoms with Gasteiger partial charge in [0.15, 0.2) is 6.29 Å². The number of pyridine rings is 1. The quantitative estimate of drug-likeness (QED) is 0.815. The SMILES string of the molecule is O=Cc1ccc(=O)n(Cc2cccc(Br)c2)c1. The van der Waals surface area contributed by atoms with Gasteiger partial charge in [-0.25, -0.2) is 0 Å². The minimum absolute atomic E-state index is 0.115. The summed E-state index contributed by atoms with van der Waals surface area (Å²) >= 11 is 3.38. The maximum absolute atomic E-state index is 11.6. The third kappa shape index (κ3) is 2.91. The fourth-order valence-corrected chi connectivity index (χ4v) is 2.02. The molecule has 1 aromatic heterocycles. The molecule has 0 unspecified atom stereocenters. The van der Waals surface area contributed by atoms with Crippen molar-refractivity contribution in [1.82, 2.24) is 4.57 Å². The van der Waals surface area contributed by atoms with Crippen molar-refractivity contribution < 1.29 is 4.79 Å². The van der Waals surface area contributed by atoms with Crippen LogP contribution >= 0.6 is 15.9 Å². The van der Waals surface area contributed by atoms with Crippen LogP contribution in [0, 0.1) is 0 Å². The summed E-state index contributed by atoms with van der Waals surface area (Å²) in [6, 6.07) is 10.6. The Balaban J connectivity index is 2.35. The maximum Gasteiger partial charge on any atom is 0.250 e.